The van der Waals surface area contributed by atoms with Crippen molar-refractivity contribution in [3.8, 4) is 0 Å². The zero-order chi connectivity index (χ0) is 13.6. The van der Waals surface area contributed by atoms with Gasteiger partial charge in [0.25, 0.3) is 0 Å². The number of nitrogens with zero attached hydrogens (tertiary/aromatic N) is 1. The molecule has 0 aliphatic carbocycles. The molecule has 0 spiro atoms. The highest BCUT2D eigenvalue weighted by Crippen LogP contribution is 2.47. The first-order chi connectivity index (χ1) is 8.23. The number of amides is 2. The van der Waals surface area contributed by atoms with Crippen molar-refractivity contribution in [1.82, 2.24) is 10.2 Å². The third-order valence-electron chi connectivity index (χ3n) is 3.21. The summed E-state index contributed by atoms with van der Waals surface area (Å²) < 4.78 is 36.1. The molecule has 2 atom stereocenters. The average molecular weight is 282 g/mol. The standard InChI is InChI=1S/C10H13F3N2O2S/c1-9-3-2-7(16)15(9)6(4-18-9)8(17)14-5-10(11,12)13/h6H,2-5H2,1H3,(H,14,17)/t6-,9+/m1/s1. The molecule has 2 rings (SSSR count). The highest BCUT2D eigenvalue weighted by Gasteiger charge is 2.53. The third-order valence-corrected chi connectivity index (χ3v) is 4.72. The molecule has 2 aliphatic heterocycles. The van der Waals surface area contributed by atoms with E-state index in [1.807, 2.05) is 12.2 Å². The van der Waals surface area contributed by atoms with E-state index in [0.717, 1.165) is 0 Å². The Morgan fingerprint density at radius 2 is 2.28 bits per heavy atom. The van der Waals surface area contributed by atoms with Crippen molar-refractivity contribution in [3.63, 3.8) is 0 Å². The summed E-state index contributed by atoms with van der Waals surface area (Å²) in [5.74, 6) is -0.528. The van der Waals surface area contributed by atoms with Crippen LogP contribution in [-0.2, 0) is 9.59 Å². The van der Waals surface area contributed by atoms with Crippen molar-refractivity contribution in [2.45, 2.75) is 36.9 Å². The lowest BCUT2D eigenvalue weighted by Crippen LogP contribution is -2.51. The molecule has 4 nitrogen and oxygen atoms in total. The van der Waals surface area contributed by atoms with Gasteiger partial charge in [-0.05, 0) is 13.3 Å². The van der Waals surface area contributed by atoms with Crippen molar-refractivity contribution in [2.24, 2.45) is 0 Å². The van der Waals surface area contributed by atoms with Gasteiger partial charge in [-0.15, -0.1) is 11.8 Å². The number of alkyl halides is 3. The van der Waals surface area contributed by atoms with Gasteiger partial charge in [0.2, 0.25) is 11.8 Å². The van der Waals surface area contributed by atoms with Crippen molar-refractivity contribution in [3.05, 3.63) is 0 Å². The van der Waals surface area contributed by atoms with Gasteiger partial charge in [-0.3, -0.25) is 9.59 Å². The predicted octanol–water partition coefficient (Wildman–Crippen LogP) is 1.12. The molecule has 8 heteroatoms. The largest absolute Gasteiger partial charge is 0.405 e. The maximum absolute atomic E-state index is 12.0. The molecule has 0 aromatic heterocycles. The SMILES string of the molecule is C[C@]12CCC(=O)N1[C@@H](C(=O)NCC(F)(F)F)CS2. The summed E-state index contributed by atoms with van der Waals surface area (Å²) in [6.07, 6.45) is -3.44. The number of carbonyl (C=O) groups excluding carboxylic acids is 2. The Kier molecular flexibility index (Phi) is 3.25. The molecule has 0 aromatic rings. The van der Waals surface area contributed by atoms with E-state index in [4.69, 9.17) is 0 Å². The highest BCUT2D eigenvalue weighted by molar-refractivity contribution is 8.01. The summed E-state index contributed by atoms with van der Waals surface area (Å²) >= 11 is 1.45. The lowest BCUT2D eigenvalue weighted by atomic mass is 10.2. The maximum Gasteiger partial charge on any atom is 0.405 e. The summed E-state index contributed by atoms with van der Waals surface area (Å²) in [7, 11) is 0. The molecule has 18 heavy (non-hydrogen) atoms. The highest BCUT2D eigenvalue weighted by atomic mass is 32.2. The first kappa shape index (κ1) is 13.5. The Morgan fingerprint density at radius 1 is 1.61 bits per heavy atom. The monoisotopic (exact) mass is 282 g/mol. The molecule has 2 heterocycles. The quantitative estimate of drug-likeness (QED) is 0.825. The molecule has 2 fully saturated rings. The van der Waals surface area contributed by atoms with E-state index >= 15 is 0 Å². The summed E-state index contributed by atoms with van der Waals surface area (Å²) in [4.78, 5) is 24.4. The Balaban J connectivity index is 2.02. The maximum atomic E-state index is 12.0. The van der Waals surface area contributed by atoms with Crippen LogP contribution in [0.5, 0.6) is 0 Å². The molecule has 1 N–H and O–H groups in total. The van der Waals surface area contributed by atoms with Gasteiger partial charge in [0.05, 0.1) is 4.87 Å². The number of nitrogens with one attached hydrogen (secondary N) is 1. The van der Waals surface area contributed by atoms with Crippen molar-refractivity contribution >= 4 is 23.6 Å². The zero-order valence-corrected chi connectivity index (χ0v) is 10.5. The minimum Gasteiger partial charge on any atom is -0.345 e. The first-order valence-electron chi connectivity index (χ1n) is 5.53. The lowest BCUT2D eigenvalue weighted by molar-refractivity contribution is -0.144. The van der Waals surface area contributed by atoms with Gasteiger partial charge in [-0.2, -0.15) is 13.2 Å². The van der Waals surface area contributed by atoms with Gasteiger partial charge >= 0.3 is 6.18 Å². The predicted molar refractivity (Wildman–Crippen MR) is 59.8 cm³/mol. The number of hydrogen-bond acceptors (Lipinski definition) is 3. The zero-order valence-electron chi connectivity index (χ0n) is 9.71. The van der Waals surface area contributed by atoms with Gasteiger partial charge in [0.1, 0.15) is 12.6 Å². The molecule has 2 aliphatic rings. The second-order valence-corrected chi connectivity index (χ2v) is 6.10. The fourth-order valence-corrected chi connectivity index (χ4v) is 3.75. The van der Waals surface area contributed by atoms with E-state index in [1.165, 1.54) is 16.7 Å². The van der Waals surface area contributed by atoms with Crippen molar-refractivity contribution in [1.29, 1.82) is 0 Å². The van der Waals surface area contributed by atoms with E-state index in [9.17, 15) is 22.8 Å². The van der Waals surface area contributed by atoms with E-state index in [0.29, 0.717) is 18.6 Å². The Labute approximate surface area is 106 Å². The normalized spacial score (nSPS) is 31.7. The average Bonchev–Trinajstić information content (AvgIpc) is 2.73. The van der Waals surface area contributed by atoms with Crippen LogP contribution in [0.4, 0.5) is 13.2 Å². The van der Waals surface area contributed by atoms with Gasteiger partial charge in [0, 0.05) is 12.2 Å². The van der Waals surface area contributed by atoms with Crippen LogP contribution in [0.2, 0.25) is 0 Å². The second-order valence-electron chi connectivity index (χ2n) is 4.60. The van der Waals surface area contributed by atoms with Crippen LogP contribution in [0.1, 0.15) is 19.8 Å². The summed E-state index contributed by atoms with van der Waals surface area (Å²) in [5, 5.41) is 1.84. The minimum absolute atomic E-state index is 0.158. The third kappa shape index (κ3) is 2.43. The van der Waals surface area contributed by atoms with E-state index in [2.05, 4.69) is 0 Å². The molecular weight excluding hydrogens is 269 g/mol. The molecule has 0 bridgehead atoms. The summed E-state index contributed by atoms with van der Waals surface area (Å²) in [6, 6.07) is -0.780. The molecule has 102 valence electrons. The molecule has 0 aromatic carbocycles. The number of carbonyl (C=O) groups is 2. The van der Waals surface area contributed by atoms with Gasteiger partial charge in [0.15, 0.2) is 0 Å². The van der Waals surface area contributed by atoms with Crippen molar-refractivity contribution < 1.29 is 22.8 Å². The van der Waals surface area contributed by atoms with Gasteiger partial charge < -0.3 is 10.2 Å². The van der Waals surface area contributed by atoms with E-state index < -0.39 is 29.5 Å². The summed E-state index contributed by atoms with van der Waals surface area (Å²) in [5.41, 5.74) is 0. The van der Waals surface area contributed by atoms with Crippen LogP contribution >= 0.6 is 11.8 Å². The number of thioether (sulfide) groups is 1. The van der Waals surface area contributed by atoms with Crippen LogP contribution in [0.15, 0.2) is 0 Å². The smallest absolute Gasteiger partial charge is 0.345 e. The number of fused-ring (bicyclic) bond motifs is 1. The van der Waals surface area contributed by atoms with Gasteiger partial charge in [-0.1, -0.05) is 0 Å². The van der Waals surface area contributed by atoms with Gasteiger partial charge in [-0.25, -0.2) is 0 Å². The Hall–Kier alpha value is -0.920. The second kappa shape index (κ2) is 4.32. The topological polar surface area (TPSA) is 49.4 Å². The number of hydrogen-bond donors (Lipinski definition) is 1. The van der Waals surface area contributed by atoms with E-state index in [1.54, 1.807) is 0 Å². The van der Waals surface area contributed by atoms with Crippen LogP contribution in [0, 0.1) is 0 Å². The van der Waals surface area contributed by atoms with Crippen LogP contribution in [0.25, 0.3) is 0 Å². The first-order valence-corrected chi connectivity index (χ1v) is 6.52. The van der Waals surface area contributed by atoms with Crippen molar-refractivity contribution in [2.75, 3.05) is 12.3 Å². The number of rotatable bonds is 2. The molecule has 0 radical (unpaired) electrons. The lowest BCUT2D eigenvalue weighted by Gasteiger charge is -2.29. The van der Waals surface area contributed by atoms with Crippen LogP contribution < -0.4 is 5.32 Å². The fourth-order valence-electron chi connectivity index (χ4n) is 2.32. The fraction of sp³-hybridized carbons (Fsp3) is 0.800. The minimum atomic E-state index is -4.43. The number of halogens is 3. The van der Waals surface area contributed by atoms with E-state index in [-0.39, 0.29) is 5.91 Å². The Morgan fingerprint density at radius 3 is 2.89 bits per heavy atom. The Bertz CT molecular complexity index is 388. The summed E-state index contributed by atoms with van der Waals surface area (Å²) in [6.45, 7) is 0.491. The van der Waals surface area contributed by atoms with Crippen LogP contribution in [-0.4, -0.2) is 46.1 Å². The van der Waals surface area contributed by atoms with Crippen LogP contribution in [0.3, 0.4) is 0 Å². The molecule has 0 unspecified atom stereocenters. The molecule has 2 saturated heterocycles. The molecule has 2 amide bonds. The molecule has 0 saturated carbocycles. The molecular formula is C10H13F3N2O2S.